The van der Waals surface area contributed by atoms with Gasteiger partial charge in [0.1, 0.15) is 0 Å². The molecule has 0 radical (unpaired) electrons. The number of carbonyl (C=O) groups is 1. The van der Waals surface area contributed by atoms with Gasteiger partial charge >= 0.3 is 0 Å². The largest absolute Gasteiger partial charge is 0.350 e. The molecule has 1 saturated heterocycles. The maximum absolute atomic E-state index is 12.0. The summed E-state index contributed by atoms with van der Waals surface area (Å²) in [6, 6.07) is 1.80. The molecule has 0 aromatic carbocycles. The van der Waals surface area contributed by atoms with Crippen LogP contribution < -0.4 is 5.32 Å². The Morgan fingerprint density at radius 2 is 2.26 bits per heavy atom. The van der Waals surface area contributed by atoms with Crippen molar-refractivity contribution in [3.63, 3.8) is 0 Å². The summed E-state index contributed by atoms with van der Waals surface area (Å²) < 4.78 is 0. The van der Waals surface area contributed by atoms with E-state index in [0.717, 1.165) is 13.0 Å². The number of likely N-dealkylation sites (N-methyl/N-ethyl adjacent to an activating group) is 1. The fourth-order valence-electron chi connectivity index (χ4n) is 2.22. The summed E-state index contributed by atoms with van der Waals surface area (Å²) >= 11 is 11.6. The van der Waals surface area contributed by atoms with Crippen molar-refractivity contribution in [3.8, 4) is 0 Å². The standard InChI is InChI=1S/C12H16Cl2N4O/c1-18-5-3-2-4-8(18)7-15-12(19)9-6-10(13)16-17-11(9)14/h6,8H,2-5,7H2,1H3,(H,15,19). The van der Waals surface area contributed by atoms with Gasteiger partial charge in [0.15, 0.2) is 10.3 Å². The maximum Gasteiger partial charge on any atom is 0.254 e. The van der Waals surface area contributed by atoms with Crippen LogP contribution >= 0.6 is 23.2 Å². The fraction of sp³-hybridized carbons (Fsp3) is 0.583. The third kappa shape index (κ3) is 3.78. The van der Waals surface area contributed by atoms with Gasteiger partial charge in [0.05, 0.1) is 5.56 Å². The number of carbonyl (C=O) groups excluding carboxylic acids is 1. The number of hydrogen-bond acceptors (Lipinski definition) is 4. The summed E-state index contributed by atoms with van der Waals surface area (Å²) in [5.74, 6) is -0.263. The van der Waals surface area contributed by atoms with Gasteiger partial charge in [-0.1, -0.05) is 29.6 Å². The van der Waals surface area contributed by atoms with E-state index in [1.165, 1.54) is 18.9 Å². The van der Waals surface area contributed by atoms with Gasteiger partial charge in [0, 0.05) is 12.6 Å². The first-order valence-electron chi connectivity index (χ1n) is 6.25. The molecule has 2 rings (SSSR count). The molecule has 0 aliphatic carbocycles. The molecule has 1 N–H and O–H groups in total. The van der Waals surface area contributed by atoms with E-state index in [2.05, 4.69) is 27.5 Å². The van der Waals surface area contributed by atoms with E-state index in [9.17, 15) is 4.79 Å². The van der Waals surface area contributed by atoms with Gasteiger partial charge in [-0.2, -0.15) is 0 Å². The molecule has 2 heterocycles. The quantitative estimate of drug-likeness (QED) is 0.928. The lowest BCUT2D eigenvalue weighted by Crippen LogP contribution is -2.44. The van der Waals surface area contributed by atoms with Crippen molar-refractivity contribution in [2.75, 3.05) is 20.1 Å². The van der Waals surface area contributed by atoms with Gasteiger partial charge in [-0.25, -0.2) is 0 Å². The highest BCUT2D eigenvalue weighted by molar-refractivity contribution is 6.34. The Balaban J connectivity index is 1.95. The van der Waals surface area contributed by atoms with E-state index in [-0.39, 0.29) is 21.8 Å². The van der Waals surface area contributed by atoms with E-state index >= 15 is 0 Å². The van der Waals surface area contributed by atoms with Crippen molar-refractivity contribution in [1.82, 2.24) is 20.4 Å². The predicted molar refractivity (Wildman–Crippen MR) is 74.7 cm³/mol. The second kappa shape index (κ2) is 6.50. The number of piperidine rings is 1. The number of amides is 1. The zero-order chi connectivity index (χ0) is 13.8. The zero-order valence-corrected chi connectivity index (χ0v) is 12.2. The van der Waals surface area contributed by atoms with Crippen LogP contribution in [0.2, 0.25) is 10.3 Å². The Morgan fingerprint density at radius 1 is 1.47 bits per heavy atom. The number of aromatic nitrogens is 2. The van der Waals surface area contributed by atoms with Crippen LogP contribution in [0.15, 0.2) is 6.07 Å². The molecular weight excluding hydrogens is 287 g/mol. The Kier molecular flexibility index (Phi) is 4.96. The van der Waals surface area contributed by atoms with Gasteiger partial charge in [0.2, 0.25) is 0 Å². The van der Waals surface area contributed by atoms with Crippen LogP contribution in [0.3, 0.4) is 0 Å². The molecule has 1 amide bonds. The third-order valence-electron chi connectivity index (χ3n) is 3.38. The molecule has 0 saturated carbocycles. The Hall–Kier alpha value is -0.910. The number of likely N-dealkylation sites (tertiary alicyclic amines) is 1. The molecule has 1 fully saturated rings. The number of nitrogens with one attached hydrogen (secondary N) is 1. The van der Waals surface area contributed by atoms with Crippen molar-refractivity contribution >= 4 is 29.1 Å². The molecule has 0 bridgehead atoms. The van der Waals surface area contributed by atoms with Crippen LogP contribution in [-0.2, 0) is 0 Å². The molecule has 1 aromatic rings. The van der Waals surface area contributed by atoms with Crippen LogP contribution in [0.1, 0.15) is 29.6 Å². The van der Waals surface area contributed by atoms with Gasteiger partial charge in [-0.3, -0.25) is 4.79 Å². The van der Waals surface area contributed by atoms with Crippen molar-refractivity contribution < 1.29 is 4.79 Å². The van der Waals surface area contributed by atoms with Gasteiger partial charge in [0.25, 0.3) is 5.91 Å². The zero-order valence-electron chi connectivity index (χ0n) is 10.7. The van der Waals surface area contributed by atoms with E-state index in [4.69, 9.17) is 23.2 Å². The Bertz CT molecular complexity index is 469. The highest BCUT2D eigenvalue weighted by Gasteiger charge is 2.20. The van der Waals surface area contributed by atoms with E-state index in [0.29, 0.717) is 12.6 Å². The van der Waals surface area contributed by atoms with E-state index in [1.54, 1.807) is 0 Å². The predicted octanol–water partition coefficient (Wildman–Crippen LogP) is 2.00. The average molecular weight is 303 g/mol. The first kappa shape index (κ1) is 14.5. The SMILES string of the molecule is CN1CCCCC1CNC(=O)c1cc(Cl)nnc1Cl. The lowest BCUT2D eigenvalue weighted by Gasteiger charge is -2.32. The summed E-state index contributed by atoms with van der Waals surface area (Å²) in [7, 11) is 2.08. The second-order valence-electron chi connectivity index (χ2n) is 4.71. The highest BCUT2D eigenvalue weighted by atomic mass is 35.5. The molecule has 1 atom stereocenters. The number of rotatable bonds is 3. The van der Waals surface area contributed by atoms with Crippen molar-refractivity contribution in [2.45, 2.75) is 25.3 Å². The van der Waals surface area contributed by atoms with E-state index < -0.39 is 0 Å². The van der Waals surface area contributed by atoms with Crippen LogP contribution in [0.25, 0.3) is 0 Å². The minimum Gasteiger partial charge on any atom is -0.350 e. The normalized spacial score (nSPS) is 20.3. The van der Waals surface area contributed by atoms with Crippen LogP contribution in [-0.4, -0.2) is 47.2 Å². The van der Waals surface area contributed by atoms with E-state index in [1.807, 2.05) is 0 Å². The minimum atomic E-state index is -0.263. The summed E-state index contributed by atoms with van der Waals surface area (Å²) in [5, 5.41) is 10.3. The number of halogens is 2. The first-order chi connectivity index (χ1) is 9.08. The first-order valence-corrected chi connectivity index (χ1v) is 7.00. The molecule has 104 valence electrons. The van der Waals surface area contributed by atoms with Crippen LogP contribution in [0, 0.1) is 0 Å². The maximum atomic E-state index is 12.0. The molecular formula is C12H16Cl2N4O. The third-order valence-corrected chi connectivity index (χ3v) is 3.85. The minimum absolute atomic E-state index is 0.0684. The van der Waals surface area contributed by atoms with Gasteiger partial charge in [-0.05, 0) is 32.5 Å². The summed E-state index contributed by atoms with van der Waals surface area (Å²) in [4.78, 5) is 14.3. The van der Waals surface area contributed by atoms with Crippen LogP contribution in [0.5, 0.6) is 0 Å². The lowest BCUT2D eigenvalue weighted by molar-refractivity contribution is 0.0928. The summed E-state index contributed by atoms with van der Waals surface area (Å²) in [6.07, 6.45) is 3.52. The topological polar surface area (TPSA) is 58.1 Å². The summed E-state index contributed by atoms with van der Waals surface area (Å²) in [6.45, 7) is 1.68. The highest BCUT2D eigenvalue weighted by Crippen LogP contribution is 2.16. The summed E-state index contributed by atoms with van der Waals surface area (Å²) in [5.41, 5.74) is 0.264. The molecule has 1 aliphatic rings. The van der Waals surface area contributed by atoms with Crippen molar-refractivity contribution in [3.05, 3.63) is 21.9 Å². The molecule has 7 heteroatoms. The smallest absolute Gasteiger partial charge is 0.254 e. The molecule has 1 unspecified atom stereocenters. The lowest BCUT2D eigenvalue weighted by atomic mass is 10.0. The number of nitrogens with zero attached hydrogens (tertiary/aromatic N) is 3. The molecule has 19 heavy (non-hydrogen) atoms. The van der Waals surface area contributed by atoms with Crippen molar-refractivity contribution in [2.24, 2.45) is 0 Å². The molecule has 5 nitrogen and oxygen atoms in total. The van der Waals surface area contributed by atoms with Crippen molar-refractivity contribution in [1.29, 1.82) is 0 Å². The monoisotopic (exact) mass is 302 g/mol. The second-order valence-corrected chi connectivity index (χ2v) is 5.46. The molecule has 1 aliphatic heterocycles. The van der Waals surface area contributed by atoms with Crippen LogP contribution in [0.4, 0.5) is 0 Å². The number of hydrogen-bond donors (Lipinski definition) is 1. The average Bonchev–Trinajstić information content (AvgIpc) is 2.40. The Labute approximate surface area is 122 Å². The fourth-order valence-corrected chi connectivity index (χ4v) is 2.55. The van der Waals surface area contributed by atoms with Gasteiger partial charge < -0.3 is 10.2 Å². The molecule has 0 spiro atoms. The Morgan fingerprint density at radius 3 is 3.00 bits per heavy atom. The molecule has 1 aromatic heterocycles. The van der Waals surface area contributed by atoms with Gasteiger partial charge in [-0.15, -0.1) is 10.2 Å².